The number of aromatic nitrogens is 6. The van der Waals surface area contributed by atoms with Crippen LogP contribution in [0, 0.1) is 4.77 Å². The fourth-order valence-corrected chi connectivity index (χ4v) is 2.77. The van der Waals surface area contributed by atoms with Gasteiger partial charge in [-0.15, -0.1) is 11.3 Å². The molecular weight excluding hydrogens is 280 g/mol. The molecule has 98 valence electrons. The zero-order chi connectivity index (χ0) is 13.2. The summed E-state index contributed by atoms with van der Waals surface area (Å²) in [6.07, 6.45) is 2.43. The van der Waals surface area contributed by atoms with Gasteiger partial charge in [0.05, 0.1) is 4.88 Å². The lowest BCUT2D eigenvalue weighted by Crippen LogP contribution is -2.05. The third kappa shape index (κ3) is 2.49. The second-order valence-electron chi connectivity index (χ2n) is 4.07. The third-order valence-corrected chi connectivity index (χ3v) is 3.88. The van der Waals surface area contributed by atoms with Gasteiger partial charge >= 0.3 is 0 Å². The number of nitrogens with one attached hydrogen (secondary N) is 1. The highest BCUT2D eigenvalue weighted by Crippen LogP contribution is 2.22. The van der Waals surface area contributed by atoms with E-state index in [-0.39, 0.29) is 0 Å². The van der Waals surface area contributed by atoms with E-state index in [4.69, 9.17) is 12.2 Å². The van der Waals surface area contributed by atoms with Crippen molar-refractivity contribution < 1.29 is 0 Å². The third-order valence-electron chi connectivity index (χ3n) is 2.71. The van der Waals surface area contributed by atoms with Crippen LogP contribution in [0.4, 0.5) is 0 Å². The van der Waals surface area contributed by atoms with Gasteiger partial charge in [0.2, 0.25) is 0 Å². The minimum atomic E-state index is 0.624. The summed E-state index contributed by atoms with van der Waals surface area (Å²) in [4.78, 5) is 5.31. The molecule has 0 saturated heterocycles. The number of aromatic amines is 1. The van der Waals surface area contributed by atoms with Crippen LogP contribution in [0.1, 0.15) is 5.82 Å². The number of H-pyrrole nitrogens is 1. The molecule has 6 nitrogen and oxygen atoms in total. The molecule has 0 aromatic carbocycles. The van der Waals surface area contributed by atoms with Gasteiger partial charge in [-0.3, -0.25) is 14.3 Å². The Labute approximate surface area is 118 Å². The van der Waals surface area contributed by atoms with E-state index >= 15 is 0 Å². The number of hydrogen-bond donors (Lipinski definition) is 1. The van der Waals surface area contributed by atoms with Crippen LogP contribution in [-0.4, -0.2) is 29.5 Å². The topological polar surface area (TPSA) is 64.3 Å². The van der Waals surface area contributed by atoms with E-state index in [1.807, 2.05) is 29.1 Å². The van der Waals surface area contributed by atoms with Crippen LogP contribution in [0.5, 0.6) is 0 Å². The van der Waals surface area contributed by atoms with Crippen LogP contribution >= 0.6 is 23.6 Å². The van der Waals surface area contributed by atoms with Gasteiger partial charge in [0, 0.05) is 20.0 Å². The highest BCUT2D eigenvalue weighted by Gasteiger charge is 2.10. The second kappa shape index (κ2) is 5.06. The van der Waals surface area contributed by atoms with Crippen molar-refractivity contribution in [3.05, 3.63) is 34.4 Å². The van der Waals surface area contributed by atoms with E-state index in [2.05, 4.69) is 20.3 Å². The summed E-state index contributed by atoms with van der Waals surface area (Å²) in [5.41, 5.74) is 0. The zero-order valence-corrected chi connectivity index (χ0v) is 11.9. The lowest BCUT2D eigenvalue weighted by atomic mass is 10.4. The largest absolute Gasteiger partial charge is 0.299 e. The maximum Gasteiger partial charge on any atom is 0.195 e. The summed E-state index contributed by atoms with van der Waals surface area (Å²) in [5, 5.41) is 13.4. The molecule has 0 saturated carbocycles. The van der Waals surface area contributed by atoms with E-state index in [0.29, 0.717) is 11.3 Å². The standard InChI is InChI=1S/C11H12N6S2/c1-16-7-12-9(15-16)4-5-17-10(13-14-11(17)18)8-3-2-6-19-8/h2-3,6-7H,4-5H2,1H3,(H,14,18). The van der Waals surface area contributed by atoms with E-state index in [0.717, 1.165) is 22.9 Å². The van der Waals surface area contributed by atoms with E-state index < -0.39 is 0 Å². The summed E-state index contributed by atoms with van der Waals surface area (Å²) < 4.78 is 4.31. The van der Waals surface area contributed by atoms with Crippen molar-refractivity contribution in [3.8, 4) is 10.7 Å². The Kier molecular flexibility index (Phi) is 3.26. The molecule has 3 aromatic heterocycles. The van der Waals surface area contributed by atoms with Gasteiger partial charge in [-0.1, -0.05) is 6.07 Å². The van der Waals surface area contributed by atoms with Crippen LogP contribution in [0.25, 0.3) is 10.7 Å². The zero-order valence-electron chi connectivity index (χ0n) is 10.3. The van der Waals surface area contributed by atoms with E-state index in [1.54, 1.807) is 22.3 Å². The van der Waals surface area contributed by atoms with Crippen LogP contribution in [-0.2, 0) is 20.0 Å². The maximum absolute atomic E-state index is 5.27. The second-order valence-corrected chi connectivity index (χ2v) is 5.40. The molecule has 0 radical (unpaired) electrons. The van der Waals surface area contributed by atoms with Crippen molar-refractivity contribution in [1.29, 1.82) is 0 Å². The molecule has 0 amide bonds. The molecule has 3 heterocycles. The molecule has 0 unspecified atom stereocenters. The Balaban J connectivity index is 1.85. The summed E-state index contributed by atoms with van der Waals surface area (Å²) in [6, 6.07) is 4.04. The van der Waals surface area contributed by atoms with Crippen molar-refractivity contribution >= 4 is 23.6 Å². The first-order valence-corrected chi connectivity index (χ1v) is 7.06. The van der Waals surface area contributed by atoms with Crippen molar-refractivity contribution in [2.24, 2.45) is 7.05 Å². The monoisotopic (exact) mass is 292 g/mol. The number of aryl methyl sites for hydroxylation is 2. The summed E-state index contributed by atoms with van der Waals surface area (Å²) in [6.45, 7) is 0.715. The van der Waals surface area contributed by atoms with Crippen LogP contribution in [0.3, 0.4) is 0 Å². The first-order valence-electron chi connectivity index (χ1n) is 5.77. The van der Waals surface area contributed by atoms with Crippen molar-refractivity contribution in [2.75, 3.05) is 0 Å². The van der Waals surface area contributed by atoms with Crippen molar-refractivity contribution in [2.45, 2.75) is 13.0 Å². The lowest BCUT2D eigenvalue weighted by molar-refractivity contribution is 0.656. The molecule has 3 aromatic rings. The Morgan fingerprint density at radius 2 is 2.37 bits per heavy atom. The highest BCUT2D eigenvalue weighted by molar-refractivity contribution is 7.71. The number of rotatable bonds is 4. The average Bonchev–Trinajstić information content (AvgIpc) is 3.08. The smallest absolute Gasteiger partial charge is 0.195 e. The predicted octanol–water partition coefficient (Wildman–Crippen LogP) is 2.04. The first-order chi connectivity index (χ1) is 9.24. The lowest BCUT2D eigenvalue weighted by Gasteiger charge is -2.03. The minimum absolute atomic E-state index is 0.624. The molecule has 0 atom stereocenters. The first kappa shape index (κ1) is 12.2. The van der Waals surface area contributed by atoms with Crippen LogP contribution in [0.15, 0.2) is 23.8 Å². The van der Waals surface area contributed by atoms with Crippen LogP contribution in [0.2, 0.25) is 0 Å². The molecule has 0 bridgehead atoms. The fraction of sp³-hybridized carbons (Fsp3) is 0.273. The van der Waals surface area contributed by atoms with Gasteiger partial charge in [0.15, 0.2) is 16.4 Å². The Hall–Kier alpha value is -1.80. The molecular formula is C11H12N6S2. The Morgan fingerprint density at radius 1 is 1.47 bits per heavy atom. The van der Waals surface area contributed by atoms with Crippen LogP contribution < -0.4 is 0 Å². The molecule has 0 fully saturated rings. The SMILES string of the molecule is Cn1cnc(CCn2c(-c3cccs3)n[nH]c2=S)n1. The van der Waals surface area contributed by atoms with Gasteiger partial charge < -0.3 is 0 Å². The molecule has 1 N–H and O–H groups in total. The maximum atomic E-state index is 5.27. The normalized spacial score (nSPS) is 11.0. The van der Waals surface area contributed by atoms with Crippen molar-refractivity contribution in [1.82, 2.24) is 29.5 Å². The Morgan fingerprint density at radius 3 is 3.05 bits per heavy atom. The molecule has 0 aliphatic carbocycles. The molecule has 0 aliphatic heterocycles. The van der Waals surface area contributed by atoms with E-state index in [9.17, 15) is 0 Å². The highest BCUT2D eigenvalue weighted by atomic mass is 32.1. The molecule has 8 heteroatoms. The minimum Gasteiger partial charge on any atom is -0.299 e. The van der Waals surface area contributed by atoms with E-state index in [1.165, 1.54) is 0 Å². The van der Waals surface area contributed by atoms with Gasteiger partial charge in [0.1, 0.15) is 6.33 Å². The number of hydrogen-bond acceptors (Lipinski definition) is 5. The molecule has 3 rings (SSSR count). The number of nitrogens with zero attached hydrogens (tertiary/aromatic N) is 5. The summed E-state index contributed by atoms with van der Waals surface area (Å²) >= 11 is 6.92. The van der Waals surface area contributed by atoms with Gasteiger partial charge in [-0.25, -0.2) is 4.98 Å². The molecule has 0 spiro atoms. The predicted molar refractivity (Wildman–Crippen MR) is 75.4 cm³/mol. The molecule has 0 aliphatic rings. The summed E-state index contributed by atoms with van der Waals surface area (Å²) in [7, 11) is 1.86. The summed E-state index contributed by atoms with van der Waals surface area (Å²) in [5.74, 6) is 1.68. The average molecular weight is 292 g/mol. The quantitative estimate of drug-likeness (QED) is 0.747. The van der Waals surface area contributed by atoms with Gasteiger partial charge in [0.25, 0.3) is 0 Å². The molecule has 19 heavy (non-hydrogen) atoms. The van der Waals surface area contributed by atoms with Gasteiger partial charge in [-0.2, -0.15) is 10.2 Å². The number of thiophene rings is 1. The van der Waals surface area contributed by atoms with Gasteiger partial charge in [-0.05, 0) is 23.7 Å². The fourth-order valence-electron chi connectivity index (χ4n) is 1.83. The van der Waals surface area contributed by atoms with Crippen molar-refractivity contribution in [3.63, 3.8) is 0 Å². The Bertz CT molecular complexity index is 721.